The fraction of sp³-hybridized carbons (Fsp3) is 0. The molecular formula is C5H4BrNS. The van der Waals surface area contributed by atoms with E-state index in [0.29, 0.717) is 0 Å². The van der Waals surface area contributed by atoms with Gasteiger partial charge in [-0.1, -0.05) is 22.5 Å². The van der Waals surface area contributed by atoms with Gasteiger partial charge in [0.25, 0.3) is 0 Å². The van der Waals surface area contributed by atoms with E-state index in [1.807, 2.05) is 4.99 Å². The van der Waals surface area contributed by atoms with Crippen molar-refractivity contribution in [3.63, 3.8) is 0 Å². The topological polar surface area (TPSA) is 12.9 Å². The summed E-state index contributed by atoms with van der Waals surface area (Å²) < 4.78 is 1.09. The monoisotopic (exact) mass is 189 g/mol. The average molecular weight is 190 g/mol. The number of aromatic nitrogens is 1. The highest BCUT2D eigenvalue weighted by Gasteiger charge is 1.79. The number of thiazole rings is 1. The van der Waals surface area contributed by atoms with Gasteiger partial charge in [-0.25, -0.2) is 4.98 Å². The van der Waals surface area contributed by atoms with E-state index in [-0.39, 0.29) is 0 Å². The molecule has 3 heteroatoms. The van der Waals surface area contributed by atoms with Crippen molar-refractivity contribution in [3.05, 3.63) is 15.4 Å². The molecule has 1 rings (SSSR count). The van der Waals surface area contributed by atoms with Crippen molar-refractivity contribution in [2.45, 2.75) is 0 Å². The summed E-state index contributed by atoms with van der Waals surface area (Å²) in [6.45, 7) is 3.69. The molecule has 0 N–H and O–H groups in total. The van der Waals surface area contributed by atoms with Gasteiger partial charge in [0.05, 0.1) is 15.4 Å². The highest BCUT2D eigenvalue weighted by Crippen LogP contribution is 1.80. The molecule has 0 unspecified atom stereocenters. The third-order valence-corrected chi connectivity index (χ3v) is 2.35. The van der Waals surface area contributed by atoms with E-state index in [9.17, 15) is 0 Å². The molecular weight excluding hydrogens is 186 g/mol. The van der Waals surface area contributed by atoms with Crippen LogP contribution in [0.3, 0.4) is 0 Å². The van der Waals surface area contributed by atoms with Crippen molar-refractivity contribution in [1.29, 1.82) is 0 Å². The minimum Gasteiger partial charge on any atom is -0.245 e. The normalized spacial score (nSPS) is 12.4. The van der Waals surface area contributed by atoms with Crippen molar-refractivity contribution in [2.24, 2.45) is 0 Å². The van der Waals surface area contributed by atoms with E-state index in [2.05, 4.69) is 27.5 Å². The first kappa shape index (κ1) is 5.98. The summed E-state index contributed by atoms with van der Waals surface area (Å²) >= 11 is 4.77. The summed E-state index contributed by atoms with van der Waals surface area (Å²) in [6.07, 6.45) is 0. The van der Waals surface area contributed by atoms with Crippen LogP contribution in [0.25, 0.3) is 11.6 Å². The molecule has 1 heterocycles. The second-order valence-corrected chi connectivity index (χ2v) is 2.62. The number of hydrogen-bond donors (Lipinski definition) is 0. The van der Waals surface area contributed by atoms with E-state index < -0.39 is 0 Å². The zero-order chi connectivity index (χ0) is 5.98. The molecule has 0 bridgehead atoms. The van der Waals surface area contributed by atoms with Gasteiger partial charge in [0, 0.05) is 4.99 Å². The summed E-state index contributed by atoms with van der Waals surface area (Å²) in [5.41, 5.74) is 1.77. The molecule has 0 spiro atoms. The minimum atomic E-state index is 0.840. The molecule has 0 saturated carbocycles. The molecule has 0 aliphatic heterocycles. The molecule has 1 aromatic heterocycles. The van der Waals surface area contributed by atoms with Crippen LogP contribution in [0.5, 0.6) is 0 Å². The zero-order valence-electron chi connectivity index (χ0n) is 4.10. The number of nitrogens with zero attached hydrogens (tertiary/aromatic N) is 1. The maximum Gasteiger partial charge on any atom is 0.0805 e. The van der Waals surface area contributed by atoms with Crippen LogP contribution in [-0.2, 0) is 0 Å². The third kappa shape index (κ3) is 0.980. The molecule has 1 aromatic rings. The Bertz CT molecular complexity index is 264. The van der Waals surface area contributed by atoms with E-state index in [1.165, 1.54) is 0 Å². The third-order valence-electron chi connectivity index (χ3n) is 0.772. The van der Waals surface area contributed by atoms with E-state index >= 15 is 0 Å². The molecule has 0 fully saturated rings. The fourth-order valence-electron chi connectivity index (χ4n) is 0.367. The number of rotatable bonds is 0. The van der Waals surface area contributed by atoms with Crippen molar-refractivity contribution in [2.75, 3.05) is 0 Å². The average Bonchev–Trinajstić information content (AvgIpc) is 2.14. The van der Waals surface area contributed by atoms with Crippen molar-refractivity contribution >= 4 is 38.8 Å². The van der Waals surface area contributed by atoms with Crippen molar-refractivity contribution in [1.82, 2.24) is 4.98 Å². The Morgan fingerprint density at radius 3 is 2.88 bits per heavy atom. The predicted molar refractivity (Wildman–Crippen MR) is 40.3 cm³/mol. The molecule has 0 aliphatic rings. The molecule has 8 heavy (non-hydrogen) atoms. The van der Waals surface area contributed by atoms with Crippen LogP contribution in [0.2, 0.25) is 0 Å². The Kier molecular flexibility index (Phi) is 1.81. The Morgan fingerprint density at radius 2 is 2.62 bits per heavy atom. The lowest BCUT2D eigenvalue weighted by atomic mass is 10.7. The first-order valence-electron chi connectivity index (χ1n) is 2.03. The lowest BCUT2D eigenvalue weighted by molar-refractivity contribution is 1.33. The van der Waals surface area contributed by atoms with Crippen LogP contribution in [-0.4, -0.2) is 4.98 Å². The SMILES string of the molecule is C=c1ncs/c1=C\Br. The Morgan fingerprint density at radius 1 is 1.88 bits per heavy atom. The quantitative estimate of drug-likeness (QED) is 0.586. The standard InChI is InChI=1S/C5H4BrNS/c1-4-5(2-6)8-3-7-4/h2-3H,1H2/b5-2-. The number of halogens is 1. The van der Waals surface area contributed by atoms with Crippen LogP contribution in [0.4, 0.5) is 0 Å². The van der Waals surface area contributed by atoms with E-state index in [1.54, 1.807) is 16.8 Å². The molecule has 0 aromatic carbocycles. The zero-order valence-corrected chi connectivity index (χ0v) is 6.50. The fourth-order valence-corrected chi connectivity index (χ4v) is 1.49. The first-order valence-corrected chi connectivity index (χ1v) is 3.83. The molecule has 0 saturated heterocycles. The largest absolute Gasteiger partial charge is 0.245 e. The number of hydrogen-bond acceptors (Lipinski definition) is 2. The summed E-state index contributed by atoms with van der Waals surface area (Å²) in [7, 11) is 0. The second-order valence-electron chi connectivity index (χ2n) is 1.27. The van der Waals surface area contributed by atoms with Crippen LogP contribution >= 0.6 is 27.3 Å². The van der Waals surface area contributed by atoms with Crippen molar-refractivity contribution in [3.8, 4) is 0 Å². The molecule has 0 atom stereocenters. The van der Waals surface area contributed by atoms with Crippen LogP contribution in [0, 0.1) is 0 Å². The lowest BCUT2D eigenvalue weighted by Gasteiger charge is -1.63. The molecule has 42 valence electrons. The smallest absolute Gasteiger partial charge is 0.0805 e. The molecule has 0 amide bonds. The maximum atomic E-state index is 3.93. The van der Waals surface area contributed by atoms with Gasteiger partial charge in [0.15, 0.2) is 0 Å². The van der Waals surface area contributed by atoms with Gasteiger partial charge >= 0.3 is 0 Å². The van der Waals surface area contributed by atoms with Crippen LogP contribution in [0.1, 0.15) is 0 Å². The Balaban J connectivity index is 3.55. The van der Waals surface area contributed by atoms with Gasteiger partial charge in [0.2, 0.25) is 0 Å². The highest BCUT2D eigenvalue weighted by atomic mass is 79.9. The summed E-state index contributed by atoms with van der Waals surface area (Å²) in [4.78, 5) is 5.76. The summed E-state index contributed by atoms with van der Waals surface area (Å²) in [5.74, 6) is 0. The van der Waals surface area contributed by atoms with Gasteiger partial charge in [0.1, 0.15) is 0 Å². The lowest BCUT2D eigenvalue weighted by Crippen LogP contribution is -2.16. The second kappa shape index (κ2) is 2.42. The Hall–Kier alpha value is -0.150. The van der Waals surface area contributed by atoms with E-state index in [4.69, 9.17) is 0 Å². The molecule has 0 radical (unpaired) electrons. The van der Waals surface area contributed by atoms with Crippen LogP contribution < -0.4 is 9.88 Å². The van der Waals surface area contributed by atoms with Gasteiger partial charge < -0.3 is 0 Å². The van der Waals surface area contributed by atoms with E-state index in [0.717, 1.165) is 9.88 Å². The van der Waals surface area contributed by atoms with Crippen LogP contribution in [0.15, 0.2) is 5.51 Å². The Labute approximate surface area is 59.5 Å². The molecule has 0 aliphatic carbocycles. The van der Waals surface area contributed by atoms with Gasteiger partial charge in [-0.2, -0.15) is 0 Å². The highest BCUT2D eigenvalue weighted by molar-refractivity contribution is 9.14. The van der Waals surface area contributed by atoms with Gasteiger partial charge in [-0.3, -0.25) is 0 Å². The first-order chi connectivity index (χ1) is 3.84. The molecule has 1 nitrogen and oxygen atoms in total. The van der Waals surface area contributed by atoms with Crippen molar-refractivity contribution < 1.29 is 0 Å². The van der Waals surface area contributed by atoms with Gasteiger partial charge in [-0.15, -0.1) is 11.3 Å². The van der Waals surface area contributed by atoms with Gasteiger partial charge in [-0.05, 0) is 0 Å². The minimum absolute atomic E-state index is 0.840. The summed E-state index contributed by atoms with van der Waals surface area (Å²) in [6, 6.07) is 0. The summed E-state index contributed by atoms with van der Waals surface area (Å²) in [5, 5.41) is 0.840. The maximum absolute atomic E-state index is 3.93. The predicted octanol–water partition coefficient (Wildman–Crippen LogP) is 0.686.